The molecule has 1 aromatic carbocycles. The van der Waals surface area contributed by atoms with E-state index in [2.05, 4.69) is 24.6 Å². The second kappa shape index (κ2) is 9.26. The fourth-order valence-corrected chi connectivity index (χ4v) is 2.56. The van der Waals surface area contributed by atoms with E-state index in [1.807, 2.05) is 12.1 Å². The number of unbranched alkanes of at least 4 members (excludes halogenated alkanes) is 1. The first-order valence-electron chi connectivity index (χ1n) is 8.18. The molecular weight excluding hydrogens is 274 g/mol. The van der Waals surface area contributed by atoms with Gasteiger partial charge in [-0.05, 0) is 56.5 Å². The van der Waals surface area contributed by atoms with Crippen molar-refractivity contribution in [3.8, 4) is 0 Å². The Labute approximate surface area is 133 Å². The SMILES string of the molecule is CCCC.CN.NC(=O)c1ccc2[nH]c3c(c2c1)CCCC3. The first kappa shape index (κ1) is 18.2. The quantitative estimate of drug-likeness (QED) is 0.793. The summed E-state index contributed by atoms with van der Waals surface area (Å²) in [5.41, 5.74) is 14.2. The van der Waals surface area contributed by atoms with Crippen LogP contribution < -0.4 is 11.5 Å². The Morgan fingerprint density at radius 2 is 1.77 bits per heavy atom. The molecule has 0 fully saturated rings. The number of benzene rings is 1. The van der Waals surface area contributed by atoms with Crippen molar-refractivity contribution in [2.75, 3.05) is 7.05 Å². The predicted molar refractivity (Wildman–Crippen MR) is 94.2 cm³/mol. The molecule has 1 aliphatic carbocycles. The van der Waals surface area contributed by atoms with E-state index in [-0.39, 0.29) is 5.91 Å². The normalized spacial score (nSPS) is 12.5. The molecule has 5 N–H and O–H groups in total. The molecule has 0 atom stereocenters. The molecule has 0 spiro atoms. The Morgan fingerprint density at radius 1 is 1.14 bits per heavy atom. The third-order valence-corrected chi connectivity index (χ3v) is 3.88. The standard InChI is InChI=1S/C13H14N2O.C4H10.CH5N/c14-13(16)8-5-6-12-10(7-8)9-3-1-2-4-11(9)15-12;1-3-4-2;1-2/h5-7,15H,1-4H2,(H2,14,16);3-4H2,1-2H3;2H2,1H3. The van der Waals surface area contributed by atoms with Gasteiger partial charge >= 0.3 is 0 Å². The van der Waals surface area contributed by atoms with Crippen molar-refractivity contribution >= 4 is 16.8 Å². The van der Waals surface area contributed by atoms with Crippen LogP contribution in [0.2, 0.25) is 0 Å². The van der Waals surface area contributed by atoms with E-state index in [0.717, 1.165) is 18.4 Å². The van der Waals surface area contributed by atoms with Crippen LogP contribution in [0.3, 0.4) is 0 Å². The van der Waals surface area contributed by atoms with E-state index in [1.54, 1.807) is 6.07 Å². The van der Waals surface area contributed by atoms with E-state index < -0.39 is 0 Å². The van der Waals surface area contributed by atoms with Crippen LogP contribution in [0, 0.1) is 0 Å². The lowest BCUT2D eigenvalue weighted by molar-refractivity contribution is 0.100. The van der Waals surface area contributed by atoms with Crippen molar-refractivity contribution in [3.05, 3.63) is 35.0 Å². The molecule has 0 saturated heterocycles. The summed E-state index contributed by atoms with van der Waals surface area (Å²) in [6.07, 6.45) is 7.36. The van der Waals surface area contributed by atoms with Crippen LogP contribution in [-0.2, 0) is 12.8 Å². The first-order valence-corrected chi connectivity index (χ1v) is 8.18. The van der Waals surface area contributed by atoms with E-state index in [1.165, 1.54) is 49.4 Å². The van der Waals surface area contributed by atoms with Crippen LogP contribution in [0.25, 0.3) is 10.9 Å². The van der Waals surface area contributed by atoms with Gasteiger partial charge in [0, 0.05) is 22.2 Å². The van der Waals surface area contributed by atoms with Crippen LogP contribution >= 0.6 is 0 Å². The molecule has 3 rings (SSSR count). The summed E-state index contributed by atoms with van der Waals surface area (Å²) in [6.45, 7) is 4.36. The zero-order chi connectivity index (χ0) is 16.5. The van der Waals surface area contributed by atoms with Gasteiger partial charge in [0.2, 0.25) is 5.91 Å². The number of carbonyl (C=O) groups excluding carboxylic acids is 1. The number of fused-ring (bicyclic) bond motifs is 3. The number of primary amides is 1. The van der Waals surface area contributed by atoms with Gasteiger partial charge in [0.1, 0.15) is 0 Å². The molecule has 0 saturated carbocycles. The third-order valence-electron chi connectivity index (χ3n) is 3.88. The van der Waals surface area contributed by atoms with Gasteiger partial charge < -0.3 is 16.5 Å². The zero-order valence-electron chi connectivity index (χ0n) is 14.0. The molecule has 4 nitrogen and oxygen atoms in total. The molecular formula is C18H29N3O. The average molecular weight is 303 g/mol. The van der Waals surface area contributed by atoms with Gasteiger partial charge in [-0.3, -0.25) is 4.79 Å². The number of carbonyl (C=O) groups is 1. The minimum atomic E-state index is -0.354. The van der Waals surface area contributed by atoms with Gasteiger partial charge in [-0.2, -0.15) is 0 Å². The van der Waals surface area contributed by atoms with Crippen molar-refractivity contribution in [2.24, 2.45) is 11.5 Å². The smallest absolute Gasteiger partial charge is 0.248 e. The van der Waals surface area contributed by atoms with Gasteiger partial charge in [0.25, 0.3) is 0 Å². The molecule has 0 bridgehead atoms. The molecule has 22 heavy (non-hydrogen) atoms. The van der Waals surface area contributed by atoms with E-state index >= 15 is 0 Å². The molecule has 1 aromatic heterocycles. The molecule has 1 aliphatic rings. The number of hydrogen-bond donors (Lipinski definition) is 3. The van der Waals surface area contributed by atoms with Crippen LogP contribution in [0.15, 0.2) is 18.2 Å². The summed E-state index contributed by atoms with van der Waals surface area (Å²) < 4.78 is 0. The molecule has 122 valence electrons. The average Bonchev–Trinajstić information content (AvgIpc) is 2.94. The van der Waals surface area contributed by atoms with E-state index in [4.69, 9.17) is 5.73 Å². The summed E-state index contributed by atoms with van der Waals surface area (Å²) in [4.78, 5) is 14.6. The molecule has 2 aromatic rings. The number of H-pyrrole nitrogens is 1. The largest absolute Gasteiger partial charge is 0.366 e. The summed E-state index contributed by atoms with van der Waals surface area (Å²) in [5, 5.41) is 1.17. The fourth-order valence-electron chi connectivity index (χ4n) is 2.56. The monoisotopic (exact) mass is 303 g/mol. The third kappa shape index (κ3) is 4.34. The molecule has 0 aliphatic heterocycles. The van der Waals surface area contributed by atoms with Crippen molar-refractivity contribution in [3.63, 3.8) is 0 Å². The number of nitrogens with one attached hydrogen (secondary N) is 1. The maximum Gasteiger partial charge on any atom is 0.248 e. The van der Waals surface area contributed by atoms with Crippen LogP contribution in [0.5, 0.6) is 0 Å². The van der Waals surface area contributed by atoms with Crippen molar-refractivity contribution in [1.29, 1.82) is 0 Å². The highest BCUT2D eigenvalue weighted by Crippen LogP contribution is 2.29. The minimum Gasteiger partial charge on any atom is -0.366 e. The molecule has 1 amide bonds. The number of hydrogen-bond acceptors (Lipinski definition) is 2. The highest BCUT2D eigenvalue weighted by molar-refractivity contribution is 5.98. The highest BCUT2D eigenvalue weighted by atomic mass is 16.1. The number of amides is 1. The molecule has 0 radical (unpaired) electrons. The summed E-state index contributed by atoms with van der Waals surface area (Å²) in [7, 11) is 1.50. The zero-order valence-corrected chi connectivity index (χ0v) is 14.0. The van der Waals surface area contributed by atoms with Gasteiger partial charge in [0.05, 0.1) is 0 Å². The summed E-state index contributed by atoms with van der Waals surface area (Å²) in [6, 6.07) is 5.65. The first-order chi connectivity index (χ1) is 10.7. The number of aryl methyl sites for hydroxylation is 2. The summed E-state index contributed by atoms with van der Waals surface area (Å²) in [5.74, 6) is -0.354. The second-order valence-corrected chi connectivity index (χ2v) is 5.41. The van der Waals surface area contributed by atoms with Gasteiger partial charge in [-0.25, -0.2) is 0 Å². The Balaban J connectivity index is 0.000000354. The van der Waals surface area contributed by atoms with Crippen molar-refractivity contribution < 1.29 is 4.79 Å². The minimum absolute atomic E-state index is 0.354. The highest BCUT2D eigenvalue weighted by Gasteiger charge is 2.15. The van der Waals surface area contributed by atoms with Crippen molar-refractivity contribution in [2.45, 2.75) is 52.4 Å². The lowest BCUT2D eigenvalue weighted by Crippen LogP contribution is -2.10. The number of nitrogens with two attached hydrogens (primary N) is 2. The number of aromatic nitrogens is 1. The van der Waals surface area contributed by atoms with Crippen LogP contribution in [-0.4, -0.2) is 17.9 Å². The van der Waals surface area contributed by atoms with Gasteiger partial charge in [0.15, 0.2) is 0 Å². The molecule has 4 heteroatoms. The van der Waals surface area contributed by atoms with Crippen LogP contribution in [0.4, 0.5) is 0 Å². The molecule has 1 heterocycles. The topological polar surface area (TPSA) is 84.9 Å². The van der Waals surface area contributed by atoms with E-state index in [9.17, 15) is 4.79 Å². The van der Waals surface area contributed by atoms with Gasteiger partial charge in [-0.1, -0.05) is 26.7 Å². The maximum absolute atomic E-state index is 11.1. The Hall–Kier alpha value is -1.81. The Morgan fingerprint density at radius 3 is 2.36 bits per heavy atom. The Bertz CT molecular complexity index is 600. The number of aromatic amines is 1. The molecule has 0 unspecified atom stereocenters. The maximum atomic E-state index is 11.1. The number of rotatable bonds is 2. The fraction of sp³-hybridized carbons (Fsp3) is 0.500. The lowest BCUT2D eigenvalue weighted by Gasteiger charge is -2.10. The van der Waals surface area contributed by atoms with Crippen LogP contribution in [0.1, 0.15) is 61.1 Å². The predicted octanol–water partition coefficient (Wildman–Crippen LogP) is 3.53. The lowest BCUT2D eigenvalue weighted by atomic mass is 9.95. The van der Waals surface area contributed by atoms with E-state index in [0.29, 0.717) is 5.56 Å². The second-order valence-electron chi connectivity index (χ2n) is 5.41. The van der Waals surface area contributed by atoms with Gasteiger partial charge in [-0.15, -0.1) is 0 Å². The summed E-state index contributed by atoms with van der Waals surface area (Å²) >= 11 is 0. The van der Waals surface area contributed by atoms with Crippen molar-refractivity contribution in [1.82, 2.24) is 4.98 Å². The Kier molecular flexibility index (Phi) is 7.67.